The molecule has 0 aromatic heterocycles. The second-order valence-electron chi connectivity index (χ2n) is 3.33. The van der Waals surface area contributed by atoms with E-state index in [4.69, 9.17) is 4.74 Å². The zero-order valence-corrected chi connectivity index (χ0v) is 9.33. The van der Waals surface area contributed by atoms with Crippen molar-refractivity contribution in [3.05, 3.63) is 30.3 Å². The quantitative estimate of drug-likeness (QED) is 0.867. The molecule has 4 nitrogen and oxygen atoms in total. The number of benzene rings is 1. The van der Waals surface area contributed by atoms with Gasteiger partial charge in [-0.1, -0.05) is 30.0 Å². The fourth-order valence-electron chi connectivity index (χ4n) is 1.38. The summed E-state index contributed by atoms with van der Waals surface area (Å²) in [6.45, 7) is 0.433. The van der Waals surface area contributed by atoms with Crippen LogP contribution in [0.5, 0.6) is 5.75 Å². The monoisotopic (exact) mass is 237 g/mol. The van der Waals surface area contributed by atoms with Crippen molar-refractivity contribution < 1.29 is 14.3 Å². The van der Waals surface area contributed by atoms with E-state index < -0.39 is 0 Å². The summed E-state index contributed by atoms with van der Waals surface area (Å²) in [5, 5.41) is 1.67. The number of nitrogens with one attached hydrogen (secondary N) is 1. The molecule has 0 aliphatic carbocycles. The Kier molecular flexibility index (Phi) is 3.46. The minimum absolute atomic E-state index is 0.216. The van der Waals surface area contributed by atoms with Crippen molar-refractivity contribution >= 4 is 22.9 Å². The first-order valence-electron chi connectivity index (χ1n) is 4.95. The van der Waals surface area contributed by atoms with Crippen LogP contribution in [0.15, 0.2) is 30.3 Å². The van der Waals surface area contributed by atoms with Crippen LogP contribution < -0.4 is 10.1 Å². The minimum atomic E-state index is -0.309. The summed E-state index contributed by atoms with van der Waals surface area (Å²) in [6.07, 6.45) is 0.539. The molecule has 1 N–H and O–H groups in total. The molecule has 1 aromatic carbocycles. The molecule has 2 amide bonds. The number of carbonyl (C=O) groups excluding carboxylic acids is 2. The van der Waals surface area contributed by atoms with Crippen LogP contribution >= 0.6 is 11.8 Å². The fraction of sp³-hybridized carbons (Fsp3) is 0.273. The van der Waals surface area contributed by atoms with Gasteiger partial charge in [0.25, 0.3) is 5.24 Å². The smallest absolute Gasteiger partial charge is 0.286 e. The molecular formula is C11H11NO3S. The van der Waals surface area contributed by atoms with Gasteiger partial charge in [-0.25, -0.2) is 0 Å². The molecule has 2 rings (SSSR count). The predicted molar refractivity (Wildman–Crippen MR) is 61.5 cm³/mol. The van der Waals surface area contributed by atoms with Gasteiger partial charge in [-0.2, -0.15) is 0 Å². The van der Waals surface area contributed by atoms with E-state index in [1.54, 1.807) is 0 Å². The third kappa shape index (κ3) is 2.76. The lowest BCUT2D eigenvalue weighted by Gasteiger charge is -2.07. The van der Waals surface area contributed by atoms with Crippen LogP contribution in [0.2, 0.25) is 0 Å². The van der Waals surface area contributed by atoms with E-state index in [9.17, 15) is 9.59 Å². The highest BCUT2D eigenvalue weighted by Crippen LogP contribution is 2.22. The van der Waals surface area contributed by atoms with Crippen molar-refractivity contribution in [3.63, 3.8) is 0 Å². The summed E-state index contributed by atoms with van der Waals surface area (Å²) >= 11 is 1.03. The van der Waals surface area contributed by atoms with E-state index in [0.29, 0.717) is 13.0 Å². The summed E-state index contributed by atoms with van der Waals surface area (Å²) in [4.78, 5) is 22.1. The van der Waals surface area contributed by atoms with E-state index in [2.05, 4.69) is 5.32 Å². The van der Waals surface area contributed by atoms with Gasteiger partial charge < -0.3 is 4.74 Å². The van der Waals surface area contributed by atoms with Crippen LogP contribution in [-0.4, -0.2) is 23.0 Å². The Labute approximate surface area is 97.4 Å². The van der Waals surface area contributed by atoms with Crippen LogP contribution in [-0.2, 0) is 4.79 Å². The zero-order chi connectivity index (χ0) is 11.4. The molecule has 1 atom stereocenters. The number of rotatable bonds is 4. The highest BCUT2D eigenvalue weighted by molar-refractivity contribution is 8.15. The van der Waals surface area contributed by atoms with Gasteiger partial charge in [0.1, 0.15) is 5.75 Å². The third-order valence-corrected chi connectivity index (χ3v) is 3.21. The van der Waals surface area contributed by atoms with Crippen LogP contribution in [0.1, 0.15) is 6.42 Å². The Morgan fingerprint density at radius 1 is 1.25 bits per heavy atom. The summed E-state index contributed by atoms with van der Waals surface area (Å²) < 4.78 is 5.45. The molecule has 1 aromatic rings. The van der Waals surface area contributed by atoms with Crippen molar-refractivity contribution in [2.24, 2.45) is 0 Å². The van der Waals surface area contributed by atoms with Crippen molar-refractivity contribution in [1.82, 2.24) is 5.32 Å². The number of hydrogen-bond acceptors (Lipinski definition) is 4. The molecule has 0 saturated carbocycles. The molecule has 0 bridgehead atoms. The van der Waals surface area contributed by atoms with Crippen molar-refractivity contribution in [3.8, 4) is 5.75 Å². The molecule has 1 unspecified atom stereocenters. The van der Waals surface area contributed by atoms with E-state index in [-0.39, 0.29) is 16.4 Å². The van der Waals surface area contributed by atoms with Crippen LogP contribution in [0.4, 0.5) is 4.79 Å². The maximum absolute atomic E-state index is 11.2. The van der Waals surface area contributed by atoms with E-state index in [1.807, 2.05) is 30.3 Å². The standard InChI is InChI=1S/C11H11NO3S/c13-10-9(16-11(14)12-10)6-7-15-8-4-2-1-3-5-8/h1-5,9H,6-7H2,(H,12,13,14). The van der Waals surface area contributed by atoms with Crippen LogP contribution in [0.25, 0.3) is 0 Å². The minimum Gasteiger partial charge on any atom is -0.494 e. The lowest BCUT2D eigenvalue weighted by molar-refractivity contribution is -0.119. The number of thioether (sulfide) groups is 1. The number of hydrogen-bond donors (Lipinski definition) is 1. The fourth-order valence-corrected chi connectivity index (χ4v) is 2.18. The lowest BCUT2D eigenvalue weighted by atomic mass is 10.3. The van der Waals surface area contributed by atoms with Gasteiger partial charge in [0.05, 0.1) is 11.9 Å². The Bertz CT molecular complexity index is 393. The maximum Gasteiger partial charge on any atom is 0.286 e. The largest absolute Gasteiger partial charge is 0.494 e. The average Bonchev–Trinajstić information content (AvgIpc) is 2.59. The molecule has 16 heavy (non-hydrogen) atoms. The normalized spacial score (nSPS) is 19.6. The van der Waals surface area contributed by atoms with Gasteiger partial charge in [0, 0.05) is 6.42 Å². The van der Waals surface area contributed by atoms with Gasteiger partial charge >= 0.3 is 0 Å². The summed E-state index contributed by atoms with van der Waals surface area (Å²) in [5.41, 5.74) is 0. The predicted octanol–water partition coefficient (Wildman–Crippen LogP) is 1.81. The highest BCUT2D eigenvalue weighted by Gasteiger charge is 2.31. The molecule has 0 radical (unpaired) electrons. The Morgan fingerprint density at radius 3 is 2.62 bits per heavy atom. The Hall–Kier alpha value is -1.49. The summed E-state index contributed by atoms with van der Waals surface area (Å²) in [6, 6.07) is 9.39. The van der Waals surface area contributed by atoms with Crippen LogP contribution in [0, 0.1) is 0 Å². The van der Waals surface area contributed by atoms with Gasteiger partial charge in [-0.3, -0.25) is 14.9 Å². The lowest BCUT2D eigenvalue weighted by Crippen LogP contribution is -2.25. The number of ether oxygens (including phenoxy) is 1. The molecule has 5 heteroatoms. The van der Waals surface area contributed by atoms with Gasteiger partial charge in [0.2, 0.25) is 5.91 Å². The molecule has 0 spiro atoms. The first kappa shape index (κ1) is 11.0. The second kappa shape index (κ2) is 5.03. The molecular weight excluding hydrogens is 226 g/mol. The van der Waals surface area contributed by atoms with Crippen molar-refractivity contribution in [2.45, 2.75) is 11.7 Å². The second-order valence-corrected chi connectivity index (χ2v) is 4.51. The number of imide groups is 1. The first-order chi connectivity index (χ1) is 7.75. The Balaban J connectivity index is 1.76. The van der Waals surface area contributed by atoms with Crippen molar-refractivity contribution in [2.75, 3.05) is 6.61 Å². The van der Waals surface area contributed by atoms with Gasteiger partial charge in [0.15, 0.2) is 0 Å². The third-order valence-electron chi connectivity index (χ3n) is 2.16. The molecule has 1 fully saturated rings. The SMILES string of the molecule is O=C1NC(=O)C(CCOc2ccccc2)S1. The topological polar surface area (TPSA) is 55.4 Å². The van der Waals surface area contributed by atoms with E-state index >= 15 is 0 Å². The average molecular weight is 237 g/mol. The Morgan fingerprint density at radius 2 is 2.00 bits per heavy atom. The molecule has 1 heterocycles. The van der Waals surface area contributed by atoms with E-state index in [1.165, 1.54) is 0 Å². The molecule has 1 aliphatic rings. The zero-order valence-electron chi connectivity index (χ0n) is 8.51. The first-order valence-corrected chi connectivity index (χ1v) is 5.83. The van der Waals surface area contributed by atoms with Gasteiger partial charge in [-0.05, 0) is 12.1 Å². The van der Waals surface area contributed by atoms with Crippen LogP contribution in [0.3, 0.4) is 0 Å². The van der Waals surface area contributed by atoms with Crippen molar-refractivity contribution in [1.29, 1.82) is 0 Å². The van der Waals surface area contributed by atoms with E-state index in [0.717, 1.165) is 17.5 Å². The number of carbonyl (C=O) groups is 2. The molecule has 1 saturated heterocycles. The van der Waals surface area contributed by atoms with Gasteiger partial charge in [-0.15, -0.1) is 0 Å². The molecule has 84 valence electrons. The number of amides is 2. The number of para-hydroxylation sites is 1. The summed E-state index contributed by atoms with van der Waals surface area (Å²) in [7, 11) is 0. The molecule has 1 aliphatic heterocycles. The summed E-state index contributed by atoms with van der Waals surface area (Å²) in [5.74, 6) is 0.559. The maximum atomic E-state index is 11.2. The highest BCUT2D eigenvalue weighted by atomic mass is 32.2.